The lowest BCUT2D eigenvalue weighted by Crippen LogP contribution is -2.36. The summed E-state index contributed by atoms with van der Waals surface area (Å²) in [7, 11) is 0. The van der Waals surface area contributed by atoms with E-state index in [0.29, 0.717) is 12.0 Å². The van der Waals surface area contributed by atoms with Crippen molar-refractivity contribution >= 4 is 22.9 Å². The summed E-state index contributed by atoms with van der Waals surface area (Å²) in [6.07, 6.45) is 5.11. The van der Waals surface area contributed by atoms with Crippen LogP contribution in [0.4, 0.5) is 0 Å². The highest BCUT2D eigenvalue weighted by atomic mass is 35.5. The molecule has 3 rings (SSSR count). The van der Waals surface area contributed by atoms with Crippen LogP contribution in [-0.4, -0.2) is 23.6 Å². The molecule has 1 aliphatic carbocycles. The van der Waals surface area contributed by atoms with E-state index in [-0.39, 0.29) is 5.41 Å². The highest BCUT2D eigenvalue weighted by Gasteiger charge is 2.50. The molecule has 1 aromatic heterocycles. The van der Waals surface area contributed by atoms with Crippen LogP contribution in [-0.2, 0) is 11.2 Å². The molecule has 4 heteroatoms. The molecule has 1 aliphatic heterocycles. The number of aromatic nitrogens is 1. The molecule has 17 heavy (non-hydrogen) atoms. The van der Waals surface area contributed by atoms with Gasteiger partial charge in [0.25, 0.3) is 0 Å². The monoisotopic (exact) mass is 271 g/mol. The van der Waals surface area contributed by atoms with E-state index >= 15 is 0 Å². The summed E-state index contributed by atoms with van der Waals surface area (Å²) in [5, 5.41) is 3.35. The number of nitrogens with zero attached hydrogens (tertiary/aromatic N) is 1. The van der Waals surface area contributed by atoms with Crippen molar-refractivity contribution in [1.82, 2.24) is 4.98 Å². The zero-order valence-corrected chi connectivity index (χ0v) is 11.7. The van der Waals surface area contributed by atoms with Crippen LogP contribution in [0.2, 0.25) is 0 Å². The molecule has 0 spiro atoms. The van der Waals surface area contributed by atoms with E-state index < -0.39 is 0 Å². The van der Waals surface area contributed by atoms with Crippen LogP contribution in [0.3, 0.4) is 0 Å². The van der Waals surface area contributed by atoms with Crippen molar-refractivity contribution in [3.05, 3.63) is 16.1 Å². The van der Waals surface area contributed by atoms with Crippen LogP contribution >= 0.6 is 22.9 Å². The van der Waals surface area contributed by atoms with Crippen molar-refractivity contribution in [1.29, 1.82) is 0 Å². The third-order valence-electron chi connectivity index (χ3n) is 3.99. The smallest absolute Gasteiger partial charge is 0.0935 e. The lowest BCUT2D eigenvalue weighted by Gasteiger charge is -2.31. The van der Waals surface area contributed by atoms with E-state index in [4.69, 9.17) is 16.3 Å². The maximum atomic E-state index is 6.28. The molecule has 1 aromatic rings. The number of hydrogen-bond donors (Lipinski definition) is 0. The number of halogens is 1. The van der Waals surface area contributed by atoms with Gasteiger partial charge in [-0.2, -0.15) is 0 Å². The first-order chi connectivity index (χ1) is 8.23. The fourth-order valence-corrected chi connectivity index (χ4v) is 4.21. The number of hydrogen-bond acceptors (Lipinski definition) is 3. The molecule has 2 nitrogen and oxygen atoms in total. The average molecular weight is 272 g/mol. The summed E-state index contributed by atoms with van der Waals surface area (Å²) in [6.45, 7) is 2.93. The molecule has 2 heterocycles. The summed E-state index contributed by atoms with van der Waals surface area (Å²) < 4.78 is 5.96. The van der Waals surface area contributed by atoms with Crippen molar-refractivity contribution in [3.8, 4) is 0 Å². The van der Waals surface area contributed by atoms with Gasteiger partial charge in [0, 0.05) is 35.4 Å². The summed E-state index contributed by atoms with van der Waals surface area (Å²) >= 11 is 8.04. The molecular weight excluding hydrogens is 254 g/mol. The Balaban J connectivity index is 1.80. The van der Waals surface area contributed by atoms with Crippen molar-refractivity contribution in [2.24, 2.45) is 11.3 Å². The fourth-order valence-electron chi connectivity index (χ4n) is 2.91. The molecule has 1 saturated carbocycles. The lowest BCUT2D eigenvalue weighted by atomic mass is 9.78. The maximum absolute atomic E-state index is 6.28. The van der Waals surface area contributed by atoms with Gasteiger partial charge in [-0.25, -0.2) is 4.98 Å². The van der Waals surface area contributed by atoms with Crippen LogP contribution in [0.15, 0.2) is 5.38 Å². The Bertz CT molecular complexity index is 404. The second kappa shape index (κ2) is 4.52. The van der Waals surface area contributed by atoms with Crippen LogP contribution < -0.4 is 0 Å². The Hall–Kier alpha value is -0.120. The second-order valence-electron chi connectivity index (χ2n) is 5.43. The largest absolute Gasteiger partial charge is 0.377 e. The predicted molar refractivity (Wildman–Crippen MR) is 70.8 cm³/mol. The quantitative estimate of drug-likeness (QED) is 0.783. The molecule has 2 unspecified atom stereocenters. The van der Waals surface area contributed by atoms with Gasteiger partial charge >= 0.3 is 0 Å². The van der Waals surface area contributed by atoms with E-state index in [2.05, 4.69) is 17.3 Å². The Morgan fingerprint density at radius 1 is 1.59 bits per heavy atom. The summed E-state index contributed by atoms with van der Waals surface area (Å²) in [4.78, 5) is 4.59. The van der Waals surface area contributed by atoms with Crippen molar-refractivity contribution in [2.45, 2.75) is 38.7 Å². The highest BCUT2D eigenvalue weighted by molar-refractivity contribution is 7.09. The molecule has 2 fully saturated rings. The van der Waals surface area contributed by atoms with Gasteiger partial charge in [-0.15, -0.1) is 22.9 Å². The topological polar surface area (TPSA) is 22.1 Å². The zero-order valence-electron chi connectivity index (χ0n) is 10.1. The van der Waals surface area contributed by atoms with Gasteiger partial charge in [0.05, 0.1) is 11.1 Å². The van der Waals surface area contributed by atoms with Gasteiger partial charge in [0.2, 0.25) is 0 Å². The predicted octanol–water partition coefficient (Wildman–Crippen LogP) is 3.42. The summed E-state index contributed by atoms with van der Waals surface area (Å²) in [5.41, 5.74) is 1.27. The van der Waals surface area contributed by atoms with Gasteiger partial charge in [-0.1, -0.05) is 0 Å². The van der Waals surface area contributed by atoms with Gasteiger partial charge in [-0.3, -0.25) is 0 Å². The summed E-state index contributed by atoms with van der Waals surface area (Å²) in [6, 6.07) is 0. The van der Waals surface area contributed by atoms with Crippen LogP contribution in [0, 0.1) is 18.3 Å². The van der Waals surface area contributed by atoms with E-state index in [1.54, 1.807) is 11.3 Å². The number of aryl methyl sites for hydroxylation is 1. The van der Waals surface area contributed by atoms with Gasteiger partial charge in [0.15, 0.2) is 0 Å². The Labute approximate surface area is 111 Å². The zero-order chi connectivity index (χ0) is 11.9. The molecule has 2 aliphatic rings. The second-order valence-corrected chi connectivity index (χ2v) is 6.64. The van der Waals surface area contributed by atoms with Crippen LogP contribution in [0.25, 0.3) is 0 Å². The van der Waals surface area contributed by atoms with E-state index in [0.717, 1.165) is 31.1 Å². The van der Waals surface area contributed by atoms with E-state index in [1.807, 2.05) is 0 Å². The SMILES string of the molecule is Cc1csc(CC2(CCl)CCOC2C2CC2)n1. The van der Waals surface area contributed by atoms with Crippen molar-refractivity contribution < 1.29 is 4.74 Å². The molecule has 0 amide bonds. The minimum Gasteiger partial charge on any atom is -0.377 e. The minimum atomic E-state index is 0.146. The standard InChI is InChI=1S/C13H18ClNOS/c1-9-7-17-11(15-9)6-13(8-14)4-5-16-12(13)10-2-3-10/h7,10,12H,2-6,8H2,1H3. The highest BCUT2D eigenvalue weighted by Crippen LogP contribution is 2.50. The number of rotatable bonds is 4. The average Bonchev–Trinajstić information content (AvgIpc) is 2.96. The number of alkyl halides is 1. The van der Waals surface area contributed by atoms with Crippen LogP contribution in [0.1, 0.15) is 30.0 Å². The Morgan fingerprint density at radius 2 is 2.41 bits per heavy atom. The first kappa shape index (κ1) is 11.9. The minimum absolute atomic E-state index is 0.146. The lowest BCUT2D eigenvalue weighted by molar-refractivity contribution is 0.0402. The fraction of sp³-hybridized carbons (Fsp3) is 0.769. The van der Waals surface area contributed by atoms with Crippen molar-refractivity contribution in [3.63, 3.8) is 0 Å². The molecule has 0 aromatic carbocycles. The van der Waals surface area contributed by atoms with E-state index in [9.17, 15) is 0 Å². The molecule has 0 N–H and O–H groups in total. The van der Waals surface area contributed by atoms with Crippen molar-refractivity contribution in [2.75, 3.05) is 12.5 Å². The Morgan fingerprint density at radius 3 is 3.00 bits per heavy atom. The normalized spacial score (nSPS) is 33.2. The molecule has 94 valence electrons. The molecule has 0 bridgehead atoms. The van der Waals surface area contributed by atoms with Gasteiger partial charge < -0.3 is 4.74 Å². The number of ether oxygens (including phenoxy) is 1. The molecular formula is C13H18ClNOS. The third-order valence-corrected chi connectivity index (χ3v) is 5.49. The molecule has 1 saturated heterocycles. The first-order valence-corrected chi connectivity index (χ1v) is 7.73. The van der Waals surface area contributed by atoms with E-state index in [1.165, 1.54) is 17.8 Å². The maximum Gasteiger partial charge on any atom is 0.0935 e. The van der Waals surface area contributed by atoms with Gasteiger partial charge in [0.1, 0.15) is 0 Å². The summed E-state index contributed by atoms with van der Waals surface area (Å²) in [5.74, 6) is 1.46. The number of thiazole rings is 1. The molecule has 2 atom stereocenters. The molecule has 0 radical (unpaired) electrons. The first-order valence-electron chi connectivity index (χ1n) is 6.32. The third kappa shape index (κ3) is 2.25. The Kier molecular flexibility index (Phi) is 3.18. The van der Waals surface area contributed by atoms with Crippen LogP contribution in [0.5, 0.6) is 0 Å². The van der Waals surface area contributed by atoms with Gasteiger partial charge in [-0.05, 0) is 32.1 Å².